The number of esters is 1. The fourth-order valence-electron chi connectivity index (χ4n) is 3.19. The lowest BCUT2D eigenvalue weighted by atomic mass is 10.1. The van der Waals surface area contributed by atoms with Crippen LogP contribution in [-0.4, -0.2) is 18.5 Å². The Bertz CT molecular complexity index is 1250. The van der Waals surface area contributed by atoms with E-state index >= 15 is 0 Å². The number of nitrogens with zero attached hydrogens (tertiary/aromatic N) is 1. The Kier molecular flexibility index (Phi) is 7.35. The molecule has 0 saturated carbocycles. The maximum Gasteiger partial charge on any atom is 0.363 e. The number of ether oxygens (including phenoxy) is 3. The van der Waals surface area contributed by atoms with Crippen LogP contribution < -0.4 is 9.47 Å². The molecule has 5 nitrogen and oxygen atoms in total. The fraction of sp³-hybridized carbons (Fsp3) is 0.154. The number of carbonyl (C=O) groups excluding carboxylic acids is 1. The van der Waals surface area contributed by atoms with Crippen molar-refractivity contribution in [2.45, 2.75) is 20.5 Å². The molecule has 0 saturated heterocycles. The second-order valence-corrected chi connectivity index (χ2v) is 9.03. The van der Waals surface area contributed by atoms with E-state index in [0.29, 0.717) is 35.3 Å². The first kappa shape index (κ1) is 23.3. The minimum absolute atomic E-state index is 0.190. The van der Waals surface area contributed by atoms with E-state index in [4.69, 9.17) is 25.8 Å². The zero-order chi connectivity index (χ0) is 23.4. The van der Waals surface area contributed by atoms with Gasteiger partial charge in [0.25, 0.3) is 0 Å². The Morgan fingerprint density at radius 1 is 1.03 bits per heavy atom. The molecule has 3 aromatic carbocycles. The highest BCUT2D eigenvalue weighted by Crippen LogP contribution is 2.31. The first-order valence-corrected chi connectivity index (χ1v) is 11.8. The van der Waals surface area contributed by atoms with Crippen molar-refractivity contribution in [1.29, 1.82) is 0 Å². The zero-order valence-corrected chi connectivity index (χ0v) is 21.0. The van der Waals surface area contributed by atoms with Gasteiger partial charge in [0.2, 0.25) is 5.90 Å². The highest BCUT2D eigenvalue weighted by molar-refractivity contribution is 14.1. The molecule has 7 heteroatoms. The van der Waals surface area contributed by atoms with Crippen LogP contribution in [-0.2, 0) is 16.1 Å². The van der Waals surface area contributed by atoms with Crippen LogP contribution in [0.2, 0.25) is 5.02 Å². The molecular weight excluding hydrogens is 553 g/mol. The van der Waals surface area contributed by atoms with Gasteiger partial charge in [0.1, 0.15) is 6.61 Å². The zero-order valence-electron chi connectivity index (χ0n) is 18.1. The smallest absolute Gasteiger partial charge is 0.363 e. The molecule has 3 aromatic rings. The SMILES string of the molecule is CCOc1cc(/C=C2\N=C(c3cc(I)ccc3Cl)OC2=O)ccc1OCc1ccc(C)cc1. The molecule has 0 fully saturated rings. The van der Waals surface area contributed by atoms with Crippen molar-refractivity contribution < 1.29 is 19.0 Å². The summed E-state index contributed by atoms with van der Waals surface area (Å²) >= 11 is 8.43. The monoisotopic (exact) mass is 573 g/mol. The van der Waals surface area contributed by atoms with Gasteiger partial charge in [-0.2, -0.15) is 0 Å². The summed E-state index contributed by atoms with van der Waals surface area (Å²) in [6.07, 6.45) is 1.66. The molecule has 33 heavy (non-hydrogen) atoms. The Labute approximate surface area is 211 Å². The van der Waals surface area contributed by atoms with Crippen molar-refractivity contribution in [3.63, 3.8) is 0 Å². The topological polar surface area (TPSA) is 57.1 Å². The number of benzene rings is 3. The van der Waals surface area contributed by atoms with Gasteiger partial charge < -0.3 is 14.2 Å². The van der Waals surface area contributed by atoms with Crippen molar-refractivity contribution >= 4 is 52.1 Å². The molecule has 168 valence electrons. The van der Waals surface area contributed by atoms with Crippen LogP contribution in [0.25, 0.3) is 6.08 Å². The largest absolute Gasteiger partial charge is 0.490 e. The lowest BCUT2D eigenvalue weighted by Crippen LogP contribution is -2.06. The Balaban J connectivity index is 1.57. The van der Waals surface area contributed by atoms with Gasteiger partial charge >= 0.3 is 5.97 Å². The van der Waals surface area contributed by atoms with E-state index in [1.165, 1.54) is 5.56 Å². The molecule has 4 rings (SSSR count). The van der Waals surface area contributed by atoms with E-state index in [1.807, 2.05) is 56.3 Å². The van der Waals surface area contributed by atoms with Gasteiger partial charge in [0.05, 0.1) is 17.2 Å². The third-order valence-electron chi connectivity index (χ3n) is 4.87. The van der Waals surface area contributed by atoms with E-state index in [0.717, 1.165) is 14.7 Å². The third kappa shape index (κ3) is 5.75. The Morgan fingerprint density at radius 3 is 2.58 bits per heavy atom. The molecule has 1 heterocycles. The third-order valence-corrected chi connectivity index (χ3v) is 5.87. The molecule has 1 aliphatic rings. The Hall–Kier alpha value is -2.84. The van der Waals surface area contributed by atoms with E-state index in [9.17, 15) is 4.79 Å². The summed E-state index contributed by atoms with van der Waals surface area (Å²) in [5.74, 6) is 0.883. The molecular formula is C26H21ClINO4. The lowest BCUT2D eigenvalue weighted by molar-refractivity contribution is -0.129. The number of hydrogen-bond acceptors (Lipinski definition) is 5. The van der Waals surface area contributed by atoms with Gasteiger partial charge in [0, 0.05) is 3.57 Å². The van der Waals surface area contributed by atoms with E-state index in [1.54, 1.807) is 12.1 Å². The molecule has 0 atom stereocenters. The molecule has 0 N–H and O–H groups in total. The average Bonchev–Trinajstić information content (AvgIpc) is 3.16. The van der Waals surface area contributed by atoms with Crippen LogP contribution in [0.1, 0.15) is 29.2 Å². The average molecular weight is 574 g/mol. The summed E-state index contributed by atoms with van der Waals surface area (Å²) in [7, 11) is 0. The number of cyclic esters (lactones) is 1. The fourth-order valence-corrected chi connectivity index (χ4v) is 3.88. The number of rotatable bonds is 7. The van der Waals surface area contributed by atoms with Gasteiger partial charge in [0.15, 0.2) is 17.2 Å². The number of aryl methyl sites for hydroxylation is 1. The van der Waals surface area contributed by atoms with E-state index < -0.39 is 5.97 Å². The molecule has 0 radical (unpaired) electrons. The van der Waals surface area contributed by atoms with Gasteiger partial charge in [-0.15, -0.1) is 0 Å². The molecule has 0 bridgehead atoms. The predicted octanol–water partition coefficient (Wildman–Crippen LogP) is 6.58. The number of aliphatic imine (C=N–C) groups is 1. The second-order valence-electron chi connectivity index (χ2n) is 7.37. The van der Waals surface area contributed by atoms with Crippen molar-refractivity contribution in [3.05, 3.63) is 97.2 Å². The van der Waals surface area contributed by atoms with Gasteiger partial charge in [-0.1, -0.05) is 47.5 Å². The highest BCUT2D eigenvalue weighted by atomic mass is 127. The van der Waals surface area contributed by atoms with Crippen molar-refractivity contribution in [2.24, 2.45) is 4.99 Å². The van der Waals surface area contributed by atoms with Gasteiger partial charge in [-0.05, 0) is 84.0 Å². The summed E-state index contributed by atoms with van der Waals surface area (Å²) < 4.78 is 18.1. The van der Waals surface area contributed by atoms with Crippen LogP contribution in [0.5, 0.6) is 11.5 Å². The second kappa shape index (κ2) is 10.4. The summed E-state index contributed by atoms with van der Waals surface area (Å²) in [6.45, 7) is 4.87. The van der Waals surface area contributed by atoms with E-state index in [2.05, 4.69) is 39.7 Å². The summed E-state index contributed by atoms with van der Waals surface area (Å²) in [4.78, 5) is 16.8. The predicted molar refractivity (Wildman–Crippen MR) is 138 cm³/mol. The normalized spacial score (nSPS) is 14.2. The minimum atomic E-state index is -0.530. The molecule has 0 spiro atoms. The maximum atomic E-state index is 12.4. The molecule has 1 aliphatic heterocycles. The van der Waals surface area contributed by atoms with Gasteiger partial charge in [-0.3, -0.25) is 0 Å². The number of hydrogen-bond donors (Lipinski definition) is 0. The first-order valence-electron chi connectivity index (χ1n) is 10.4. The van der Waals surface area contributed by atoms with Gasteiger partial charge in [-0.25, -0.2) is 9.79 Å². The summed E-state index contributed by atoms with van der Waals surface area (Å²) in [6, 6.07) is 19.1. The van der Waals surface area contributed by atoms with Crippen molar-refractivity contribution in [2.75, 3.05) is 6.61 Å². The lowest BCUT2D eigenvalue weighted by Gasteiger charge is -2.13. The van der Waals surface area contributed by atoms with Crippen LogP contribution in [0.3, 0.4) is 0 Å². The quantitative estimate of drug-likeness (QED) is 0.182. The van der Waals surface area contributed by atoms with Crippen LogP contribution in [0.15, 0.2) is 71.4 Å². The molecule has 0 aliphatic carbocycles. The van der Waals surface area contributed by atoms with E-state index in [-0.39, 0.29) is 11.6 Å². The summed E-state index contributed by atoms with van der Waals surface area (Å²) in [5, 5.41) is 0.469. The number of halogens is 2. The van der Waals surface area contributed by atoms with Crippen LogP contribution in [0.4, 0.5) is 0 Å². The minimum Gasteiger partial charge on any atom is -0.490 e. The molecule has 0 unspecified atom stereocenters. The number of carbonyl (C=O) groups is 1. The Morgan fingerprint density at radius 2 is 1.82 bits per heavy atom. The molecule has 0 amide bonds. The van der Waals surface area contributed by atoms with Crippen molar-refractivity contribution in [3.8, 4) is 11.5 Å². The molecule has 0 aromatic heterocycles. The van der Waals surface area contributed by atoms with Crippen molar-refractivity contribution in [1.82, 2.24) is 0 Å². The van der Waals surface area contributed by atoms with Crippen LogP contribution >= 0.6 is 34.2 Å². The summed E-state index contributed by atoms with van der Waals surface area (Å²) in [5.41, 5.74) is 3.78. The highest BCUT2D eigenvalue weighted by Gasteiger charge is 2.26. The maximum absolute atomic E-state index is 12.4. The van der Waals surface area contributed by atoms with Crippen LogP contribution in [0, 0.1) is 10.5 Å². The first-order chi connectivity index (χ1) is 15.9. The standard InChI is InChI=1S/C26H21ClINO4/c1-3-31-24-13-18(8-11-23(24)32-15-17-6-4-16(2)5-7-17)12-22-26(30)33-25(29-22)20-14-19(28)9-10-21(20)27/h4-14H,3,15H2,1-2H3/b22-12-.